The predicted octanol–water partition coefficient (Wildman–Crippen LogP) is 5.16. The molecule has 8 nitrogen and oxygen atoms in total. The Morgan fingerprint density at radius 2 is 1.49 bits per heavy atom. The van der Waals surface area contributed by atoms with Gasteiger partial charge in [0, 0.05) is 29.4 Å². The molecule has 1 N–H and O–H groups in total. The Bertz CT molecular complexity index is 1670. The van der Waals surface area contributed by atoms with Crippen LogP contribution in [-0.4, -0.2) is 29.7 Å². The van der Waals surface area contributed by atoms with E-state index in [0.29, 0.717) is 29.0 Å². The van der Waals surface area contributed by atoms with Gasteiger partial charge in [-0.2, -0.15) is 0 Å². The molecule has 0 amide bonds. The van der Waals surface area contributed by atoms with Crippen LogP contribution in [0.25, 0.3) is 22.0 Å². The molecule has 2 aromatic heterocycles. The van der Waals surface area contributed by atoms with Crippen molar-refractivity contribution in [2.75, 3.05) is 13.2 Å². The summed E-state index contributed by atoms with van der Waals surface area (Å²) in [5.41, 5.74) is 3.82. The van der Waals surface area contributed by atoms with Gasteiger partial charge in [-0.3, -0.25) is 4.79 Å². The number of dihydropyridines is 1. The largest absolute Gasteiger partial charge is 0.463 e. The number of benzene rings is 2. The molecule has 39 heavy (non-hydrogen) atoms. The molecule has 4 aromatic rings. The molecule has 0 atom stereocenters. The van der Waals surface area contributed by atoms with E-state index in [1.54, 1.807) is 27.7 Å². The first-order valence-electron chi connectivity index (χ1n) is 13.0. The zero-order chi connectivity index (χ0) is 27.7. The van der Waals surface area contributed by atoms with Gasteiger partial charge in [0.25, 0.3) is 0 Å². The van der Waals surface area contributed by atoms with Crippen LogP contribution in [0.4, 0.5) is 0 Å². The van der Waals surface area contributed by atoms with Crippen LogP contribution in [0.1, 0.15) is 44.9 Å². The fourth-order valence-corrected chi connectivity index (χ4v) is 5.27. The number of aromatic nitrogens is 1. The third-order valence-electron chi connectivity index (χ3n) is 6.87. The Labute approximate surface area is 225 Å². The highest BCUT2D eigenvalue weighted by Gasteiger charge is 2.40. The molecule has 1 aliphatic rings. The third-order valence-corrected chi connectivity index (χ3v) is 6.87. The van der Waals surface area contributed by atoms with E-state index >= 15 is 0 Å². The Morgan fingerprint density at radius 3 is 2.10 bits per heavy atom. The van der Waals surface area contributed by atoms with Crippen molar-refractivity contribution in [2.24, 2.45) is 0 Å². The lowest BCUT2D eigenvalue weighted by atomic mass is 9.83. The minimum Gasteiger partial charge on any atom is -0.463 e. The highest BCUT2D eigenvalue weighted by molar-refractivity contribution is 6.05. The lowest BCUT2D eigenvalue weighted by Gasteiger charge is -2.29. The summed E-state index contributed by atoms with van der Waals surface area (Å²) in [5.74, 6) is -2.02. The van der Waals surface area contributed by atoms with Gasteiger partial charge in [-0.15, -0.1) is 0 Å². The van der Waals surface area contributed by atoms with E-state index < -0.39 is 17.9 Å². The van der Waals surface area contributed by atoms with Crippen molar-refractivity contribution in [3.63, 3.8) is 0 Å². The number of carbonyl (C=O) groups excluding carboxylic acids is 2. The molecule has 0 unspecified atom stereocenters. The summed E-state index contributed by atoms with van der Waals surface area (Å²) in [7, 11) is 0. The van der Waals surface area contributed by atoms with Crippen molar-refractivity contribution in [1.29, 1.82) is 0 Å². The lowest BCUT2D eigenvalue weighted by Crippen LogP contribution is -2.33. The number of allylic oxidation sites excluding steroid dienone is 2. The number of hydrogen-bond donors (Lipinski definition) is 1. The van der Waals surface area contributed by atoms with E-state index in [0.717, 1.165) is 16.5 Å². The summed E-state index contributed by atoms with van der Waals surface area (Å²) in [6, 6.07) is 18.9. The van der Waals surface area contributed by atoms with Gasteiger partial charge in [0.2, 0.25) is 5.43 Å². The van der Waals surface area contributed by atoms with Gasteiger partial charge >= 0.3 is 11.9 Å². The fraction of sp³-hybridized carbons (Fsp3) is 0.258. The van der Waals surface area contributed by atoms with Crippen molar-refractivity contribution < 1.29 is 23.5 Å². The van der Waals surface area contributed by atoms with Gasteiger partial charge in [0.15, 0.2) is 5.58 Å². The van der Waals surface area contributed by atoms with Crippen molar-refractivity contribution >= 4 is 33.9 Å². The molecule has 2 aromatic carbocycles. The number of nitrogens with one attached hydrogen (secondary N) is 1. The molecule has 0 saturated carbocycles. The topological polar surface area (TPSA) is 99.8 Å². The maximum atomic E-state index is 13.8. The van der Waals surface area contributed by atoms with Gasteiger partial charge < -0.3 is 23.8 Å². The molecule has 8 heteroatoms. The second-order valence-electron chi connectivity index (χ2n) is 9.36. The van der Waals surface area contributed by atoms with Crippen LogP contribution in [0.5, 0.6) is 0 Å². The molecule has 1 aliphatic heterocycles. The maximum Gasteiger partial charge on any atom is 0.336 e. The van der Waals surface area contributed by atoms with Gasteiger partial charge in [-0.25, -0.2) is 9.59 Å². The summed E-state index contributed by atoms with van der Waals surface area (Å²) < 4.78 is 19.1. The van der Waals surface area contributed by atoms with E-state index in [1.165, 1.54) is 6.07 Å². The zero-order valence-corrected chi connectivity index (χ0v) is 22.4. The number of hydrogen-bond acceptors (Lipinski definition) is 7. The lowest BCUT2D eigenvalue weighted by molar-refractivity contribution is -0.139. The van der Waals surface area contributed by atoms with Crippen LogP contribution in [0.15, 0.2) is 92.4 Å². The predicted molar refractivity (Wildman–Crippen MR) is 148 cm³/mol. The molecular weight excluding hydrogens is 496 g/mol. The van der Waals surface area contributed by atoms with Crippen LogP contribution in [0, 0.1) is 0 Å². The molecule has 200 valence electrons. The minimum absolute atomic E-state index is 0.149. The maximum absolute atomic E-state index is 13.8. The number of esters is 2. The summed E-state index contributed by atoms with van der Waals surface area (Å²) in [4.78, 5) is 40.2. The van der Waals surface area contributed by atoms with Crippen LogP contribution >= 0.6 is 0 Å². The monoisotopic (exact) mass is 526 g/mol. The Hall–Kier alpha value is -4.59. The van der Waals surface area contributed by atoms with Gasteiger partial charge in [0.1, 0.15) is 11.3 Å². The van der Waals surface area contributed by atoms with E-state index in [9.17, 15) is 14.4 Å². The first kappa shape index (κ1) is 26.0. The summed E-state index contributed by atoms with van der Waals surface area (Å²) >= 11 is 0. The van der Waals surface area contributed by atoms with Crippen molar-refractivity contribution in [2.45, 2.75) is 40.2 Å². The third kappa shape index (κ3) is 4.63. The smallest absolute Gasteiger partial charge is 0.336 e. The zero-order valence-electron chi connectivity index (χ0n) is 22.4. The SMILES string of the molecule is CCOC(=O)C1=C(C)NC(C)=C(C(=O)OCC)C1c1cc(=O)c2c(o1)c1ccccc1n2Cc1ccccc1. The first-order chi connectivity index (χ1) is 18.8. The van der Waals surface area contributed by atoms with Crippen molar-refractivity contribution in [3.8, 4) is 0 Å². The average molecular weight is 527 g/mol. The van der Waals surface area contributed by atoms with E-state index in [2.05, 4.69) is 5.32 Å². The highest BCUT2D eigenvalue weighted by atomic mass is 16.5. The molecule has 0 spiro atoms. The highest BCUT2D eigenvalue weighted by Crippen LogP contribution is 2.40. The Kier molecular flexibility index (Phi) is 7.11. The Balaban J connectivity index is 1.77. The van der Waals surface area contributed by atoms with Crippen LogP contribution in [0.3, 0.4) is 0 Å². The van der Waals surface area contributed by atoms with E-state index in [-0.39, 0.29) is 35.5 Å². The summed E-state index contributed by atoms with van der Waals surface area (Å²) in [6.45, 7) is 7.65. The van der Waals surface area contributed by atoms with Gasteiger partial charge in [-0.05, 0) is 45.4 Å². The molecular formula is C31H30N2O6. The van der Waals surface area contributed by atoms with Crippen molar-refractivity contribution in [3.05, 3.63) is 105 Å². The van der Waals surface area contributed by atoms with E-state index in [1.807, 2.05) is 59.2 Å². The Morgan fingerprint density at radius 1 is 0.897 bits per heavy atom. The standard InChI is InChI=1S/C31H30N2O6/c1-5-37-30(35)25-18(3)32-19(4)26(31(36)38-6-2)27(25)24-16-23(34)28-29(39-24)21-14-10-11-15-22(21)33(28)17-20-12-8-7-9-13-20/h7-16,27,32H,5-6,17H2,1-4H3. The number of nitrogens with zero attached hydrogens (tertiary/aromatic N) is 1. The minimum atomic E-state index is -0.988. The summed E-state index contributed by atoms with van der Waals surface area (Å²) in [6.07, 6.45) is 0. The number of carbonyl (C=O) groups is 2. The molecule has 0 radical (unpaired) electrons. The second-order valence-corrected chi connectivity index (χ2v) is 9.36. The number of rotatable bonds is 7. The average Bonchev–Trinajstić information content (AvgIpc) is 3.23. The fourth-order valence-electron chi connectivity index (χ4n) is 5.27. The van der Waals surface area contributed by atoms with E-state index in [4.69, 9.17) is 13.9 Å². The second kappa shape index (κ2) is 10.6. The molecule has 0 aliphatic carbocycles. The molecule has 0 saturated heterocycles. The van der Waals surface area contributed by atoms with Crippen LogP contribution in [0.2, 0.25) is 0 Å². The van der Waals surface area contributed by atoms with Crippen LogP contribution < -0.4 is 10.7 Å². The van der Waals surface area contributed by atoms with Gasteiger partial charge in [-0.1, -0.05) is 42.5 Å². The molecule has 0 fully saturated rings. The molecule has 3 heterocycles. The number of para-hydroxylation sites is 1. The number of ether oxygens (including phenoxy) is 2. The molecule has 5 rings (SSSR count). The normalized spacial score (nSPS) is 14.2. The first-order valence-corrected chi connectivity index (χ1v) is 13.0. The summed E-state index contributed by atoms with van der Waals surface area (Å²) in [5, 5.41) is 3.86. The quantitative estimate of drug-likeness (QED) is 0.332. The van der Waals surface area contributed by atoms with Crippen molar-refractivity contribution in [1.82, 2.24) is 9.88 Å². The van der Waals surface area contributed by atoms with Crippen LogP contribution in [-0.2, 0) is 25.6 Å². The number of fused-ring (bicyclic) bond motifs is 3. The molecule has 0 bridgehead atoms. The van der Waals surface area contributed by atoms with Gasteiger partial charge in [0.05, 0.1) is 35.8 Å².